The first-order chi connectivity index (χ1) is 11.0. The molecule has 3 aromatic carbocycles. The number of rotatable bonds is 3. The fourth-order valence-electron chi connectivity index (χ4n) is 2.77. The van der Waals surface area contributed by atoms with E-state index in [0.29, 0.717) is 4.90 Å². The molecule has 0 fully saturated rings. The van der Waals surface area contributed by atoms with Gasteiger partial charge >= 0.3 is 0 Å². The van der Waals surface area contributed by atoms with Gasteiger partial charge in [-0.3, -0.25) is 0 Å². The Morgan fingerprint density at radius 1 is 0.696 bits per heavy atom. The number of sulfone groups is 1. The Kier molecular flexibility index (Phi) is 4.05. The molecule has 0 spiro atoms. The maximum absolute atomic E-state index is 12.3. The Hall–Kier alpha value is -2.39. The second-order valence-corrected chi connectivity index (χ2v) is 7.65. The van der Waals surface area contributed by atoms with Crippen LogP contribution < -0.4 is 0 Å². The maximum atomic E-state index is 12.3. The van der Waals surface area contributed by atoms with Gasteiger partial charge in [-0.05, 0) is 41.3 Å². The molecule has 0 aromatic heterocycles. The van der Waals surface area contributed by atoms with Crippen molar-refractivity contribution in [2.24, 2.45) is 0 Å². The number of benzene rings is 3. The second-order valence-electron chi connectivity index (χ2n) is 5.67. The molecule has 0 aliphatic carbocycles. The third kappa shape index (κ3) is 3.20. The van der Waals surface area contributed by atoms with Gasteiger partial charge in [-0.1, -0.05) is 60.7 Å². The van der Waals surface area contributed by atoms with Crippen molar-refractivity contribution >= 4 is 9.84 Å². The molecule has 23 heavy (non-hydrogen) atoms. The highest BCUT2D eigenvalue weighted by Gasteiger charge is 2.17. The van der Waals surface area contributed by atoms with Crippen molar-refractivity contribution in [3.05, 3.63) is 78.4 Å². The Bertz CT molecular complexity index is 928. The lowest BCUT2D eigenvalue weighted by Crippen LogP contribution is -2.02. The quantitative estimate of drug-likeness (QED) is 0.698. The lowest BCUT2D eigenvalue weighted by atomic mass is 9.95. The molecule has 3 heteroatoms. The zero-order chi connectivity index (χ0) is 16.4. The van der Waals surface area contributed by atoms with Crippen LogP contribution in [0.1, 0.15) is 5.56 Å². The molecular weight excluding hydrogens is 304 g/mol. The summed E-state index contributed by atoms with van der Waals surface area (Å²) in [5, 5.41) is 0. The first-order valence-corrected chi connectivity index (χ1v) is 9.31. The average molecular weight is 322 g/mol. The van der Waals surface area contributed by atoms with Crippen LogP contribution in [-0.2, 0) is 9.84 Å². The van der Waals surface area contributed by atoms with Gasteiger partial charge in [0.15, 0.2) is 9.84 Å². The van der Waals surface area contributed by atoms with Crippen molar-refractivity contribution in [1.82, 2.24) is 0 Å². The zero-order valence-electron chi connectivity index (χ0n) is 13.2. The topological polar surface area (TPSA) is 34.1 Å². The van der Waals surface area contributed by atoms with E-state index in [0.717, 1.165) is 27.8 Å². The number of aryl methyl sites for hydroxylation is 1. The average Bonchev–Trinajstić information content (AvgIpc) is 2.55. The van der Waals surface area contributed by atoms with Crippen molar-refractivity contribution in [1.29, 1.82) is 0 Å². The number of hydrogen-bond donors (Lipinski definition) is 0. The summed E-state index contributed by atoms with van der Waals surface area (Å²) in [5.41, 5.74) is 4.70. The van der Waals surface area contributed by atoms with E-state index in [1.807, 2.05) is 73.7 Å². The molecule has 0 heterocycles. The lowest BCUT2D eigenvalue weighted by Gasteiger charge is -2.14. The molecule has 0 amide bonds. The van der Waals surface area contributed by atoms with Crippen molar-refractivity contribution in [3.8, 4) is 22.3 Å². The molecule has 0 saturated carbocycles. The molecule has 3 aromatic rings. The number of hydrogen-bond acceptors (Lipinski definition) is 2. The molecule has 116 valence electrons. The fourth-order valence-corrected chi connectivity index (χ4v) is 3.68. The van der Waals surface area contributed by atoms with Crippen molar-refractivity contribution in [2.45, 2.75) is 11.8 Å². The minimum Gasteiger partial charge on any atom is -0.224 e. The second kappa shape index (κ2) is 6.01. The molecular formula is C20H18O2S. The molecule has 0 aliphatic rings. The molecule has 0 bridgehead atoms. The Morgan fingerprint density at radius 2 is 1.17 bits per heavy atom. The van der Waals surface area contributed by atoms with Gasteiger partial charge in [0, 0.05) is 11.8 Å². The predicted molar refractivity (Wildman–Crippen MR) is 95.2 cm³/mol. The minimum atomic E-state index is -3.33. The van der Waals surface area contributed by atoms with Crippen molar-refractivity contribution in [3.63, 3.8) is 0 Å². The van der Waals surface area contributed by atoms with E-state index in [2.05, 4.69) is 0 Å². The van der Waals surface area contributed by atoms with Crippen LogP contribution in [0, 0.1) is 6.92 Å². The van der Waals surface area contributed by atoms with E-state index in [1.165, 1.54) is 6.26 Å². The third-order valence-electron chi connectivity index (χ3n) is 3.90. The highest BCUT2D eigenvalue weighted by atomic mass is 32.2. The van der Waals surface area contributed by atoms with Crippen LogP contribution >= 0.6 is 0 Å². The molecule has 0 aliphatic heterocycles. The van der Waals surface area contributed by atoms with Gasteiger partial charge < -0.3 is 0 Å². The van der Waals surface area contributed by atoms with E-state index in [4.69, 9.17) is 0 Å². The van der Waals surface area contributed by atoms with Gasteiger partial charge in [-0.15, -0.1) is 0 Å². The largest absolute Gasteiger partial charge is 0.224 e. The van der Waals surface area contributed by atoms with Crippen LogP contribution in [0.4, 0.5) is 0 Å². The molecule has 0 radical (unpaired) electrons. The highest BCUT2D eigenvalue weighted by Crippen LogP contribution is 2.34. The van der Waals surface area contributed by atoms with E-state index in [9.17, 15) is 8.42 Å². The van der Waals surface area contributed by atoms with E-state index in [-0.39, 0.29) is 0 Å². The summed E-state index contributed by atoms with van der Waals surface area (Å²) >= 11 is 0. The third-order valence-corrected chi connectivity index (χ3v) is 5.03. The van der Waals surface area contributed by atoms with Crippen LogP contribution in [0.15, 0.2) is 77.7 Å². The van der Waals surface area contributed by atoms with Gasteiger partial charge in [0.1, 0.15) is 0 Å². The Balaban J connectivity index is 2.30. The lowest BCUT2D eigenvalue weighted by molar-refractivity contribution is 0.602. The highest BCUT2D eigenvalue weighted by molar-refractivity contribution is 7.90. The summed E-state index contributed by atoms with van der Waals surface area (Å²) in [5.74, 6) is 0. The SMILES string of the molecule is Cc1cc(-c2ccccc2)c(S(C)(=O)=O)cc1-c1ccccc1. The van der Waals surface area contributed by atoms with Crippen LogP contribution in [0.3, 0.4) is 0 Å². The van der Waals surface area contributed by atoms with Crippen LogP contribution in [0.2, 0.25) is 0 Å². The van der Waals surface area contributed by atoms with E-state index >= 15 is 0 Å². The molecule has 0 atom stereocenters. The van der Waals surface area contributed by atoms with E-state index < -0.39 is 9.84 Å². The fraction of sp³-hybridized carbons (Fsp3) is 0.100. The molecule has 0 saturated heterocycles. The van der Waals surface area contributed by atoms with E-state index in [1.54, 1.807) is 6.07 Å². The summed E-state index contributed by atoms with van der Waals surface area (Å²) < 4.78 is 24.6. The van der Waals surface area contributed by atoms with Gasteiger partial charge in [0.2, 0.25) is 0 Å². The summed E-state index contributed by atoms with van der Waals surface area (Å²) in [4.78, 5) is 0.369. The normalized spacial score (nSPS) is 11.4. The van der Waals surface area contributed by atoms with Crippen molar-refractivity contribution < 1.29 is 8.42 Å². The molecule has 0 unspecified atom stereocenters. The first kappa shape index (κ1) is 15.5. The van der Waals surface area contributed by atoms with Gasteiger partial charge in [-0.2, -0.15) is 0 Å². The van der Waals surface area contributed by atoms with Gasteiger partial charge in [-0.25, -0.2) is 8.42 Å². The van der Waals surface area contributed by atoms with Crippen LogP contribution in [-0.4, -0.2) is 14.7 Å². The minimum absolute atomic E-state index is 0.369. The first-order valence-electron chi connectivity index (χ1n) is 7.42. The standard InChI is InChI=1S/C20H18O2S/c1-15-13-19(17-11-7-4-8-12-17)20(23(2,21)22)14-18(15)16-9-5-3-6-10-16/h3-14H,1-2H3. The summed E-state index contributed by atoms with van der Waals surface area (Å²) in [6, 6.07) is 23.3. The zero-order valence-corrected chi connectivity index (χ0v) is 14.0. The van der Waals surface area contributed by atoms with Gasteiger partial charge in [0.05, 0.1) is 4.90 Å². The van der Waals surface area contributed by atoms with Crippen molar-refractivity contribution in [2.75, 3.05) is 6.26 Å². The predicted octanol–water partition coefficient (Wildman–Crippen LogP) is 4.73. The van der Waals surface area contributed by atoms with Crippen LogP contribution in [0.25, 0.3) is 22.3 Å². The molecule has 3 rings (SSSR count). The summed E-state index contributed by atoms with van der Waals surface area (Å²) in [6.45, 7) is 2.01. The van der Waals surface area contributed by atoms with Crippen LogP contribution in [0.5, 0.6) is 0 Å². The summed E-state index contributed by atoms with van der Waals surface area (Å²) in [6.07, 6.45) is 1.26. The van der Waals surface area contributed by atoms with Gasteiger partial charge in [0.25, 0.3) is 0 Å². The summed E-state index contributed by atoms with van der Waals surface area (Å²) in [7, 11) is -3.33. The molecule has 2 nitrogen and oxygen atoms in total. The molecule has 0 N–H and O–H groups in total. The monoisotopic (exact) mass is 322 g/mol. The smallest absolute Gasteiger partial charge is 0.176 e. The Labute approximate surface area is 137 Å². The maximum Gasteiger partial charge on any atom is 0.176 e. The Morgan fingerprint density at radius 3 is 1.65 bits per heavy atom.